The Labute approximate surface area is 154 Å². The Kier molecular flexibility index (Phi) is 4.86. The van der Waals surface area contributed by atoms with Crippen LogP contribution in [0, 0.1) is 6.92 Å². The van der Waals surface area contributed by atoms with Crippen molar-refractivity contribution in [3.05, 3.63) is 58.3 Å². The number of aryl methyl sites for hydroxylation is 1. The first kappa shape index (κ1) is 18.2. The highest BCUT2D eigenvalue weighted by Crippen LogP contribution is 2.27. The molecule has 0 aliphatic heterocycles. The molecule has 4 nitrogen and oxygen atoms in total. The molecular weight excluding hydrogens is 324 g/mol. The zero-order valence-corrected chi connectivity index (χ0v) is 16.1. The summed E-state index contributed by atoms with van der Waals surface area (Å²) >= 11 is 0. The number of hydrogen-bond acceptors (Lipinski definition) is 2. The molecule has 1 aromatic heterocycles. The number of allylic oxidation sites excluding steroid dienone is 3. The number of Topliss-reactive ketones (excluding diaryl/α,β-unsaturated/α-hetero) is 1. The van der Waals surface area contributed by atoms with Crippen LogP contribution in [-0.4, -0.2) is 22.8 Å². The highest BCUT2D eigenvalue weighted by atomic mass is 16.2. The van der Waals surface area contributed by atoms with E-state index in [0.29, 0.717) is 23.6 Å². The molecule has 0 bridgehead atoms. The van der Waals surface area contributed by atoms with Crippen LogP contribution in [0.5, 0.6) is 0 Å². The summed E-state index contributed by atoms with van der Waals surface area (Å²) in [5.41, 5.74) is 5.61. The van der Waals surface area contributed by atoms with Crippen LogP contribution in [-0.2, 0) is 4.79 Å². The van der Waals surface area contributed by atoms with Crippen molar-refractivity contribution in [2.24, 2.45) is 0 Å². The highest BCUT2D eigenvalue weighted by Gasteiger charge is 2.20. The van der Waals surface area contributed by atoms with Gasteiger partial charge in [-0.05, 0) is 57.9 Å². The van der Waals surface area contributed by atoms with E-state index < -0.39 is 0 Å². The van der Waals surface area contributed by atoms with E-state index in [-0.39, 0.29) is 18.2 Å². The molecule has 0 unspecified atom stereocenters. The Morgan fingerprint density at radius 3 is 2.58 bits per heavy atom. The number of nitrogens with one attached hydrogen (secondary N) is 1. The van der Waals surface area contributed by atoms with E-state index in [9.17, 15) is 9.59 Å². The molecule has 1 aliphatic rings. The van der Waals surface area contributed by atoms with Crippen molar-refractivity contribution >= 4 is 22.6 Å². The number of carbonyl (C=O) groups excluding carboxylic acids is 2. The van der Waals surface area contributed by atoms with Crippen molar-refractivity contribution < 1.29 is 9.59 Å². The lowest BCUT2D eigenvalue weighted by molar-refractivity contribution is -0.115. The number of benzene rings is 1. The molecule has 0 atom stereocenters. The summed E-state index contributed by atoms with van der Waals surface area (Å²) in [5.74, 6) is -0.0429. The molecule has 1 aliphatic carbocycles. The Morgan fingerprint density at radius 1 is 1.19 bits per heavy atom. The molecule has 0 spiro atoms. The summed E-state index contributed by atoms with van der Waals surface area (Å²) in [6, 6.07) is 6.18. The van der Waals surface area contributed by atoms with E-state index in [2.05, 4.69) is 30.7 Å². The third-order valence-corrected chi connectivity index (χ3v) is 5.02. The first-order valence-corrected chi connectivity index (χ1v) is 9.08. The van der Waals surface area contributed by atoms with Crippen LogP contribution in [0.3, 0.4) is 0 Å². The smallest absolute Gasteiger partial charge is 0.252 e. The maximum Gasteiger partial charge on any atom is 0.252 e. The molecule has 1 heterocycles. The fraction of sp³-hybridized carbons (Fsp3) is 0.364. The fourth-order valence-electron chi connectivity index (χ4n) is 3.68. The van der Waals surface area contributed by atoms with Gasteiger partial charge in [0, 0.05) is 41.7 Å². The van der Waals surface area contributed by atoms with E-state index >= 15 is 0 Å². The maximum atomic E-state index is 12.8. The molecule has 2 aromatic rings. The van der Waals surface area contributed by atoms with Gasteiger partial charge in [-0.15, -0.1) is 0 Å². The van der Waals surface area contributed by atoms with Gasteiger partial charge in [-0.2, -0.15) is 0 Å². The molecular formula is C22H26N2O2. The lowest BCUT2D eigenvalue weighted by Crippen LogP contribution is -2.29. The third-order valence-electron chi connectivity index (χ3n) is 5.02. The molecule has 1 aromatic carbocycles. The van der Waals surface area contributed by atoms with Gasteiger partial charge in [0.05, 0.1) is 5.52 Å². The highest BCUT2D eigenvalue weighted by molar-refractivity contribution is 6.08. The van der Waals surface area contributed by atoms with Crippen LogP contribution >= 0.6 is 0 Å². The average molecular weight is 350 g/mol. The Bertz CT molecular complexity index is 958. The van der Waals surface area contributed by atoms with Crippen LogP contribution in [0.15, 0.2) is 47.2 Å². The number of ketones is 1. The Morgan fingerprint density at radius 2 is 1.92 bits per heavy atom. The zero-order valence-electron chi connectivity index (χ0n) is 16.1. The molecule has 0 saturated carbocycles. The van der Waals surface area contributed by atoms with E-state index in [1.54, 1.807) is 0 Å². The van der Waals surface area contributed by atoms with Crippen LogP contribution < -0.4 is 5.32 Å². The van der Waals surface area contributed by atoms with Gasteiger partial charge in [0.1, 0.15) is 0 Å². The summed E-state index contributed by atoms with van der Waals surface area (Å²) in [6.45, 7) is 10.5. The summed E-state index contributed by atoms with van der Waals surface area (Å²) in [7, 11) is 0. The van der Waals surface area contributed by atoms with E-state index in [4.69, 9.17) is 0 Å². The second-order valence-electron chi connectivity index (χ2n) is 7.44. The van der Waals surface area contributed by atoms with Crippen LogP contribution in [0.4, 0.5) is 0 Å². The fourth-order valence-corrected chi connectivity index (χ4v) is 3.68. The minimum atomic E-state index is -0.143. The van der Waals surface area contributed by atoms with Gasteiger partial charge >= 0.3 is 0 Å². The van der Waals surface area contributed by atoms with Gasteiger partial charge < -0.3 is 9.88 Å². The second kappa shape index (κ2) is 6.94. The topological polar surface area (TPSA) is 51.1 Å². The van der Waals surface area contributed by atoms with E-state index in [1.165, 1.54) is 0 Å². The first-order valence-electron chi connectivity index (χ1n) is 9.08. The van der Waals surface area contributed by atoms with Crippen LogP contribution in [0.1, 0.15) is 56.1 Å². The van der Waals surface area contributed by atoms with Crippen molar-refractivity contribution in [3.8, 4) is 0 Å². The summed E-state index contributed by atoms with van der Waals surface area (Å²) in [5, 5.41) is 3.89. The minimum absolute atomic E-state index is 0.0998. The molecule has 0 fully saturated rings. The zero-order chi connectivity index (χ0) is 19.0. The number of nitrogens with zero attached hydrogens (tertiary/aromatic N) is 1. The van der Waals surface area contributed by atoms with Crippen molar-refractivity contribution in [1.29, 1.82) is 0 Å². The summed E-state index contributed by atoms with van der Waals surface area (Å²) < 4.78 is 2.19. The molecule has 26 heavy (non-hydrogen) atoms. The quantitative estimate of drug-likeness (QED) is 0.883. The first-order chi connectivity index (χ1) is 12.3. The van der Waals surface area contributed by atoms with Gasteiger partial charge in [0.2, 0.25) is 0 Å². The second-order valence-corrected chi connectivity index (χ2v) is 7.44. The lowest BCUT2D eigenvalue weighted by Gasteiger charge is -2.16. The molecule has 1 amide bonds. The predicted molar refractivity (Wildman–Crippen MR) is 105 cm³/mol. The number of aromatic nitrogens is 1. The largest absolute Gasteiger partial charge is 0.348 e. The average Bonchev–Trinajstić information content (AvgIpc) is 3.00. The normalized spacial score (nSPS) is 15.0. The molecule has 0 saturated heterocycles. The van der Waals surface area contributed by atoms with Gasteiger partial charge in [0.25, 0.3) is 5.91 Å². The van der Waals surface area contributed by atoms with Crippen LogP contribution in [0.25, 0.3) is 10.9 Å². The van der Waals surface area contributed by atoms with E-state index in [0.717, 1.165) is 27.6 Å². The lowest BCUT2D eigenvalue weighted by atomic mass is 9.92. The number of rotatable bonds is 4. The van der Waals surface area contributed by atoms with Crippen molar-refractivity contribution in [2.75, 3.05) is 6.54 Å². The van der Waals surface area contributed by atoms with Crippen molar-refractivity contribution in [2.45, 2.75) is 47.1 Å². The van der Waals surface area contributed by atoms with E-state index in [1.807, 2.05) is 44.3 Å². The number of amides is 1. The van der Waals surface area contributed by atoms with Gasteiger partial charge in [-0.3, -0.25) is 9.59 Å². The van der Waals surface area contributed by atoms with Gasteiger partial charge in [-0.1, -0.05) is 17.7 Å². The van der Waals surface area contributed by atoms with Crippen molar-refractivity contribution in [1.82, 2.24) is 9.88 Å². The summed E-state index contributed by atoms with van der Waals surface area (Å²) in [6.07, 6.45) is 4.49. The Balaban J connectivity index is 1.89. The Hall–Kier alpha value is -2.62. The molecule has 136 valence electrons. The minimum Gasteiger partial charge on any atom is -0.348 e. The standard InChI is InChI=1S/C22H26N2O2/c1-13(2)24-9-8-17-18(7-6-15(4)21(17)24)22(26)23-12-19-16(5)10-14(3)11-20(19)25/h6-10,13H,11-12H2,1-5H3,(H,23,26). The SMILES string of the molecule is CC1=CC(C)=C(CNC(=O)c2ccc(C)c3c2ccn3C(C)C)C(=O)C1. The predicted octanol–water partition coefficient (Wildman–Crippen LogP) is 4.50. The number of fused-ring (bicyclic) bond motifs is 1. The monoisotopic (exact) mass is 350 g/mol. The maximum absolute atomic E-state index is 12.8. The molecule has 0 radical (unpaired) electrons. The summed E-state index contributed by atoms with van der Waals surface area (Å²) in [4.78, 5) is 25.0. The molecule has 3 rings (SSSR count). The molecule has 1 N–H and O–H groups in total. The molecule has 4 heteroatoms. The van der Waals surface area contributed by atoms with Gasteiger partial charge in [0.15, 0.2) is 5.78 Å². The number of hydrogen-bond donors (Lipinski definition) is 1. The number of carbonyl (C=O) groups is 2. The van der Waals surface area contributed by atoms with Gasteiger partial charge in [-0.25, -0.2) is 0 Å². The third kappa shape index (κ3) is 3.24. The van der Waals surface area contributed by atoms with Crippen LogP contribution in [0.2, 0.25) is 0 Å². The van der Waals surface area contributed by atoms with Crippen molar-refractivity contribution in [3.63, 3.8) is 0 Å².